The fraction of sp³-hybridized carbons (Fsp3) is 0.357. The summed E-state index contributed by atoms with van der Waals surface area (Å²) in [4.78, 5) is 9.40. The van der Waals surface area contributed by atoms with E-state index in [4.69, 9.17) is 34.5 Å². The van der Waals surface area contributed by atoms with E-state index in [1.807, 2.05) is 13.8 Å². The molecule has 1 rings (SSSR count). The molecule has 0 bridgehead atoms. The lowest BCUT2D eigenvalue weighted by molar-refractivity contribution is 0.0225. The molecule has 0 aromatic heterocycles. The summed E-state index contributed by atoms with van der Waals surface area (Å²) >= 11 is 12.2. The molecule has 5 heteroatoms. The fourth-order valence-corrected chi connectivity index (χ4v) is 1.88. The smallest absolute Gasteiger partial charge is 0.113 e. The highest BCUT2D eigenvalue weighted by molar-refractivity contribution is 6.36. The molecule has 1 aromatic carbocycles. The van der Waals surface area contributed by atoms with Gasteiger partial charge in [0.05, 0.1) is 11.8 Å². The number of aliphatic imine (C=N–C) groups is 1. The van der Waals surface area contributed by atoms with Crippen LogP contribution < -0.4 is 5.48 Å². The monoisotopic (exact) mass is 298 g/mol. The van der Waals surface area contributed by atoms with Crippen molar-refractivity contribution in [2.45, 2.75) is 32.8 Å². The molecule has 0 aliphatic heterocycles. The van der Waals surface area contributed by atoms with E-state index in [1.54, 1.807) is 12.1 Å². The van der Waals surface area contributed by atoms with Crippen LogP contribution in [0.1, 0.15) is 25.8 Å². The minimum absolute atomic E-state index is 0.122. The molecule has 0 saturated carbocycles. The van der Waals surface area contributed by atoms with Gasteiger partial charge in [0.1, 0.15) is 6.34 Å². The summed E-state index contributed by atoms with van der Waals surface area (Å²) in [6.45, 7) is 4.00. The topological polar surface area (TPSA) is 33.6 Å². The normalized spacial score (nSPS) is 12.4. The van der Waals surface area contributed by atoms with Crippen molar-refractivity contribution in [1.29, 1.82) is 0 Å². The van der Waals surface area contributed by atoms with E-state index in [-0.39, 0.29) is 6.10 Å². The number of terminal acetylenes is 1. The Labute approximate surface area is 123 Å². The molecule has 3 nitrogen and oxygen atoms in total. The summed E-state index contributed by atoms with van der Waals surface area (Å²) in [5.74, 6) is 2.52. The maximum Gasteiger partial charge on any atom is 0.113 e. The van der Waals surface area contributed by atoms with Crippen LogP contribution in [0.3, 0.4) is 0 Å². The second-order valence-electron chi connectivity index (χ2n) is 3.98. The second-order valence-corrected chi connectivity index (χ2v) is 4.80. The summed E-state index contributed by atoms with van der Waals surface area (Å²) in [5.41, 5.74) is 4.03. The Hall–Kier alpha value is -1.21. The molecular weight excluding hydrogens is 283 g/mol. The molecule has 0 spiro atoms. The summed E-state index contributed by atoms with van der Waals surface area (Å²) < 4.78 is 0. The first-order chi connectivity index (χ1) is 9.08. The molecule has 102 valence electrons. The average Bonchev–Trinajstić information content (AvgIpc) is 2.38. The molecule has 0 heterocycles. The zero-order valence-corrected chi connectivity index (χ0v) is 12.4. The van der Waals surface area contributed by atoms with E-state index in [0.717, 1.165) is 12.0 Å². The van der Waals surface area contributed by atoms with Gasteiger partial charge in [-0.2, -0.15) is 0 Å². The van der Waals surface area contributed by atoms with Crippen LogP contribution in [0, 0.1) is 12.3 Å². The van der Waals surface area contributed by atoms with Gasteiger partial charge in [-0.05, 0) is 25.5 Å². The molecule has 19 heavy (non-hydrogen) atoms. The summed E-state index contributed by atoms with van der Waals surface area (Å²) in [6, 6.07) is 3.42. The third-order valence-electron chi connectivity index (χ3n) is 2.52. The Morgan fingerprint density at radius 3 is 2.63 bits per heavy atom. The number of hydrogen-bond acceptors (Lipinski definition) is 2. The zero-order chi connectivity index (χ0) is 14.3. The number of nitrogens with one attached hydrogen (secondary N) is 1. The number of nitrogens with zero attached hydrogens (tertiary/aromatic N) is 1. The Bertz CT molecular complexity index is 472. The van der Waals surface area contributed by atoms with Crippen molar-refractivity contribution in [1.82, 2.24) is 5.48 Å². The van der Waals surface area contributed by atoms with Crippen LogP contribution in [0.4, 0.5) is 5.69 Å². The van der Waals surface area contributed by atoms with Gasteiger partial charge in [0.15, 0.2) is 0 Å². The number of halogens is 2. The Balaban J connectivity index is 2.70. The Morgan fingerprint density at radius 2 is 2.11 bits per heavy atom. The van der Waals surface area contributed by atoms with Gasteiger partial charge in [-0.25, -0.2) is 4.99 Å². The van der Waals surface area contributed by atoms with Crippen molar-refractivity contribution in [2.75, 3.05) is 0 Å². The second kappa shape index (κ2) is 8.06. The van der Waals surface area contributed by atoms with Crippen LogP contribution in [0.5, 0.6) is 0 Å². The van der Waals surface area contributed by atoms with Crippen LogP contribution in [0.25, 0.3) is 0 Å². The third kappa shape index (κ3) is 5.12. The average molecular weight is 299 g/mol. The van der Waals surface area contributed by atoms with E-state index in [9.17, 15) is 0 Å². The van der Waals surface area contributed by atoms with Gasteiger partial charge in [-0.15, -0.1) is 12.3 Å². The van der Waals surface area contributed by atoms with Crippen molar-refractivity contribution >= 4 is 35.2 Å². The standard InChI is InChI=1S/C14H16Cl2N2O/c1-4-6-12-13(15)7-11(8-14(12)16)17-9-18-19-10(3)5-2/h1,7-10H,5-6H2,2-3H3,(H,17,18). The van der Waals surface area contributed by atoms with Crippen LogP contribution in [-0.2, 0) is 11.3 Å². The lowest BCUT2D eigenvalue weighted by Gasteiger charge is -2.08. The molecule has 0 aliphatic carbocycles. The van der Waals surface area contributed by atoms with Crippen molar-refractivity contribution in [3.05, 3.63) is 27.7 Å². The van der Waals surface area contributed by atoms with E-state index in [2.05, 4.69) is 16.4 Å². The highest BCUT2D eigenvalue weighted by Gasteiger charge is 2.06. The predicted octanol–water partition coefficient (Wildman–Crippen LogP) is 4.15. The third-order valence-corrected chi connectivity index (χ3v) is 3.19. The highest BCUT2D eigenvalue weighted by Crippen LogP contribution is 2.30. The molecule has 1 aromatic rings. The van der Waals surface area contributed by atoms with Gasteiger partial charge >= 0.3 is 0 Å². The van der Waals surface area contributed by atoms with Crippen LogP contribution in [0.15, 0.2) is 17.1 Å². The Kier molecular flexibility index (Phi) is 6.72. The van der Waals surface area contributed by atoms with Crippen molar-refractivity contribution in [3.8, 4) is 12.3 Å². The van der Waals surface area contributed by atoms with Gasteiger partial charge in [0.2, 0.25) is 0 Å². The maximum absolute atomic E-state index is 6.09. The van der Waals surface area contributed by atoms with Crippen molar-refractivity contribution in [3.63, 3.8) is 0 Å². The summed E-state index contributed by atoms with van der Waals surface area (Å²) in [7, 11) is 0. The number of benzene rings is 1. The number of hydroxylamine groups is 1. The molecule has 0 radical (unpaired) electrons. The van der Waals surface area contributed by atoms with Crippen LogP contribution in [-0.4, -0.2) is 12.4 Å². The van der Waals surface area contributed by atoms with Gasteiger partial charge in [0.25, 0.3) is 0 Å². The van der Waals surface area contributed by atoms with Gasteiger partial charge in [0, 0.05) is 22.0 Å². The van der Waals surface area contributed by atoms with E-state index < -0.39 is 0 Å². The van der Waals surface area contributed by atoms with Crippen LogP contribution >= 0.6 is 23.2 Å². The number of hydrogen-bond donors (Lipinski definition) is 1. The molecular formula is C14H16Cl2N2O. The van der Waals surface area contributed by atoms with Crippen molar-refractivity contribution < 1.29 is 4.84 Å². The molecule has 1 N–H and O–H groups in total. The van der Waals surface area contributed by atoms with E-state index in [0.29, 0.717) is 22.2 Å². The SMILES string of the molecule is C#CCc1c(Cl)cc(N=CNOC(C)CC)cc1Cl. The first kappa shape index (κ1) is 15.8. The molecule has 1 atom stereocenters. The van der Waals surface area contributed by atoms with Gasteiger partial charge < -0.3 is 0 Å². The lowest BCUT2D eigenvalue weighted by Crippen LogP contribution is -2.19. The maximum atomic E-state index is 6.09. The molecule has 0 saturated heterocycles. The molecule has 0 fully saturated rings. The molecule has 1 unspecified atom stereocenters. The largest absolute Gasteiger partial charge is 0.272 e. The fourth-order valence-electron chi connectivity index (χ4n) is 1.27. The molecule has 0 amide bonds. The zero-order valence-electron chi connectivity index (χ0n) is 10.9. The summed E-state index contributed by atoms with van der Waals surface area (Å²) in [6.07, 6.45) is 8.14. The van der Waals surface area contributed by atoms with Gasteiger partial charge in [-0.3, -0.25) is 10.3 Å². The predicted molar refractivity (Wildman–Crippen MR) is 81.1 cm³/mol. The number of rotatable bonds is 6. The summed E-state index contributed by atoms with van der Waals surface area (Å²) in [5, 5.41) is 1.03. The highest BCUT2D eigenvalue weighted by atomic mass is 35.5. The quantitative estimate of drug-likeness (QED) is 0.370. The lowest BCUT2D eigenvalue weighted by atomic mass is 10.1. The van der Waals surface area contributed by atoms with Crippen LogP contribution in [0.2, 0.25) is 10.0 Å². The Morgan fingerprint density at radius 1 is 1.47 bits per heavy atom. The molecule has 0 aliphatic rings. The van der Waals surface area contributed by atoms with E-state index in [1.165, 1.54) is 6.34 Å². The van der Waals surface area contributed by atoms with Crippen molar-refractivity contribution in [2.24, 2.45) is 4.99 Å². The first-order valence-corrected chi connectivity index (χ1v) is 6.69. The minimum atomic E-state index is 0.122. The first-order valence-electron chi connectivity index (χ1n) is 5.93. The minimum Gasteiger partial charge on any atom is -0.272 e. The van der Waals surface area contributed by atoms with Gasteiger partial charge in [-0.1, -0.05) is 30.1 Å². The van der Waals surface area contributed by atoms with E-state index >= 15 is 0 Å².